The molecule has 1 radical (unpaired) electrons. The van der Waals surface area contributed by atoms with Crippen LogP contribution in [0.25, 0.3) is 0 Å². The number of pyridine rings is 1. The Kier molecular flexibility index (Phi) is 1.92. The van der Waals surface area contributed by atoms with Gasteiger partial charge >= 0.3 is 0 Å². The van der Waals surface area contributed by atoms with Gasteiger partial charge in [-0.2, -0.15) is 0 Å². The average Bonchev–Trinajstić information content (AvgIpc) is 1.90. The van der Waals surface area contributed by atoms with Crippen molar-refractivity contribution in [3.05, 3.63) is 24.4 Å². The Morgan fingerprint density at radius 1 is 1.75 bits per heavy atom. The van der Waals surface area contributed by atoms with Gasteiger partial charge < -0.3 is 0 Å². The third-order valence-corrected chi connectivity index (χ3v) is 1.44. The van der Waals surface area contributed by atoms with Gasteiger partial charge in [0.2, 0.25) is 0 Å². The van der Waals surface area contributed by atoms with Crippen molar-refractivity contribution in [1.29, 1.82) is 0 Å². The summed E-state index contributed by atoms with van der Waals surface area (Å²) in [5.74, 6) is 0. The predicted octanol–water partition coefficient (Wildman–Crippen LogP) is 1.60. The highest BCUT2D eigenvalue weighted by atomic mass is 32.2. The first-order chi connectivity index (χ1) is 3.93. The third-order valence-electron chi connectivity index (χ3n) is 0.793. The van der Waals surface area contributed by atoms with Crippen molar-refractivity contribution >= 4 is 11.8 Å². The lowest BCUT2D eigenvalue weighted by Gasteiger charge is -1.87. The molecule has 0 aliphatic carbocycles. The summed E-state index contributed by atoms with van der Waals surface area (Å²) in [6, 6.07) is 5.68. The molecule has 0 N–H and O–H groups in total. The first kappa shape index (κ1) is 5.63. The summed E-state index contributed by atoms with van der Waals surface area (Å²) in [6.45, 7) is 0. The van der Waals surface area contributed by atoms with Crippen molar-refractivity contribution in [1.82, 2.24) is 4.98 Å². The number of hydrogen-bond acceptors (Lipinski definition) is 2. The third kappa shape index (κ3) is 1.23. The number of hydrogen-bond donors (Lipinski definition) is 0. The fourth-order valence-corrected chi connectivity index (χ4v) is 0.784. The monoisotopic (exact) mass is 124 g/mol. The molecule has 0 amide bonds. The molecule has 0 saturated heterocycles. The summed E-state index contributed by atoms with van der Waals surface area (Å²) >= 11 is 1.63. The minimum absolute atomic E-state index is 1.02. The second-order valence-electron chi connectivity index (χ2n) is 1.31. The van der Waals surface area contributed by atoms with Crippen LogP contribution in [0.5, 0.6) is 0 Å². The number of rotatable bonds is 1. The van der Waals surface area contributed by atoms with Gasteiger partial charge in [-0.15, -0.1) is 11.8 Å². The van der Waals surface area contributed by atoms with Crippen LogP contribution in [0.1, 0.15) is 0 Å². The molecule has 0 aliphatic heterocycles. The molecule has 8 heavy (non-hydrogen) atoms. The van der Waals surface area contributed by atoms with Crippen LogP contribution in [-0.2, 0) is 0 Å². The van der Waals surface area contributed by atoms with Crippen molar-refractivity contribution in [3.8, 4) is 0 Å². The van der Waals surface area contributed by atoms with Gasteiger partial charge in [-0.05, 0) is 18.4 Å². The molecule has 0 fully saturated rings. The zero-order valence-electron chi connectivity index (χ0n) is 4.59. The average molecular weight is 124 g/mol. The zero-order valence-corrected chi connectivity index (χ0v) is 5.40. The van der Waals surface area contributed by atoms with Crippen molar-refractivity contribution in [2.45, 2.75) is 5.03 Å². The Morgan fingerprint density at radius 3 is 3.00 bits per heavy atom. The Bertz CT molecular complexity index is 150. The highest BCUT2D eigenvalue weighted by Gasteiger charge is 1.82. The fraction of sp³-hybridized carbons (Fsp3) is 0.167. The minimum Gasteiger partial charge on any atom is -0.240 e. The summed E-state index contributed by atoms with van der Waals surface area (Å²) < 4.78 is 0. The topological polar surface area (TPSA) is 12.9 Å². The SMILES string of the molecule is CSc1ccc[c]n1. The van der Waals surface area contributed by atoms with Gasteiger partial charge in [0.15, 0.2) is 0 Å². The van der Waals surface area contributed by atoms with Gasteiger partial charge in [0.1, 0.15) is 0 Å². The maximum Gasteiger partial charge on any atom is 0.0965 e. The molecule has 0 aliphatic rings. The molecule has 0 spiro atoms. The van der Waals surface area contributed by atoms with E-state index in [2.05, 4.69) is 11.2 Å². The van der Waals surface area contributed by atoms with Gasteiger partial charge in [0.05, 0.1) is 11.2 Å². The van der Waals surface area contributed by atoms with E-state index in [1.54, 1.807) is 17.8 Å². The standard InChI is InChI=1S/C6H6NS/c1-8-6-4-2-3-5-7-6/h2-4H,1H3. The second-order valence-corrected chi connectivity index (χ2v) is 2.14. The normalized spacial score (nSPS) is 9.12. The highest BCUT2D eigenvalue weighted by Crippen LogP contribution is 2.07. The molecule has 2 heteroatoms. The second kappa shape index (κ2) is 2.72. The van der Waals surface area contributed by atoms with Gasteiger partial charge in [-0.1, -0.05) is 6.07 Å². The summed E-state index contributed by atoms with van der Waals surface area (Å²) in [4.78, 5) is 3.94. The van der Waals surface area contributed by atoms with E-state index in [0.29, 0.717) is 0 Å². The van der Waals surface area contributed by atoms with E-state index in [4.69, 9.17) is 0 Å². The number of nitrogens with zero attached hydrogens (tertiary/aromatic N) is 1. The van der Waals surface area contributed by atoms with Crippen LogP contribution >= 0.6 is 11.8 Å². The van der Waals surface area contributed by atoms with Gasteiger partial charge in [-0.3, -0.25) is 0 Å². The zero-order chi connectivity index (χ0) is 5.82. The minimum atomic E-state index is 1.02. The molecule has 1 heterocycles. The molecule has 0 aromatic carbocycles. The summed E-state index contributed by atoms with van der Waals surface area (Å²) in [6.07, 6.45) is 4.74. The lowest BCUT2D eigenvalue weighted by Crippen LogP contribution is -1.72. The molecule has 0 atom stereocenters. The fourth-order valence-electron chi connectivity index (χ4n) is 0.425. The highest BCUT2D eigenvalue weighted by molar-refractivity contribution is 7.98. The summed E-state index contributed by atoms with van der Waals surface area (Å²) in [7, 11) is 0. The number of aromatic nitrogens is 1. The Hall–Kier alpha value is -0.500. The molecule has 0 saturated carbocycles. The van der Waals surface area contributed by atoms with Crippen molar-refractivity contribution < 1.29 is 0 Å². The predicted molar refractivity (Wildman–Crippen MR) is 34.9 cm³/mol. The Labute approximate surface area is 53.1 Å². The van der Waals surface area contributed by atoms with E-state index < -0.39 is 0 Å². The van der Waals surface area contributed by atoms with E-state index in [1.165, 1.54) is 0 Å². The van der Waals surface area contributed by atoms with E-state index >= 15 is 0 Å². The molecular formula is C6H6NS. The van der Waals surface area contributed by atoms with E-state index in [1.807, 2.05) is 18.4 Å². The van der Waals surface area contributed by atoms with Crippen LogP contribution < -0.4 is 0 Å². The first-order valence-electron chi connectivity index (χ1n) is 2.30. The Balaban J connectivity index is 2.83. The lowest BCUT2D eigenvalue weighted by atomic mass is 10.5. The van der Waals surface area contributed by atoms with Crippen molar-refractivity contribution in [3.63, 3.8) is 0 Å². The summed E-state index contributed by atoms with van der Waals surface area (Å²) in [5, 5.41) is 1.02. The van der Waals surface area contributed by atoms with Crippen LogP contribution in [0.15, 0.2) is 23.2 Å². The molecule has 1 aromatic rings. The van der Waals surface area contributed by atoms with Gasteiger partial charge in [-0.25, -0.2) is 4.98 Å². The smallest absolute Gasteiger partial charge is 0.0965 e. The maximum atomic E-state index is 3.94. The van der Waals surface area contributed by atoms with E-state index in [9.17, 15) is 0 Å². The van der Waals surface area contributed by atoms with Crippen LogP contribution in [-0.4, -0.2) is 11.2 Å². The molecule has 0 unspecified atom stereocenters. The molecule has 1 nitrogen and oxygen atoms in total. The van der Waals surface area contributed by atoms with E-state index in [0.717, 1.165) is 5.03 Å². The Morgan fingerprint density at radius 2 is 2.62 bits per heavy atom. The molecule has 1 aromatic heterocycles. The van der Waals surface area contributed by atoms with Crippen LogP contribution in [0.2, 0.25) is 0 Å². The molecule has 1 rings (SSSR count). The van der Waals surface area contributed by atoms with Gasteiger partial charge in [0, 0.05) is 0 Å². The first-order valence-corrected chi connectivity index (χ1v) is 3.53. The van der Waals surface area contributed by atoms with Crippen LogP contribution in [0.3, 0.4) is 0 Å². The van der Waals surface area contributed by atoms with Crippen molar-refractivity contribution in [2.75, 3.05) is 6.26 Å². The van der Waals surface area contributed by atoms with Gasteiger partial charge in [0.25, 0.3) is 0 Å². The molecule has 0 bridgehead atoms. The maximum absolute atomic E-state index is 3.94. The molecular weight excluding hydrogens is 118 g/mol. The van der Waals surface area contributed by atoms with Crippen LogP contribution in [0.4, 0.5) is 0 Å². The lowest BCUT2D eigenvalue weighted by molar-refractivity contribution is 1.13. The quantitative estimate of drug-likeness (QED) is 0.527. The number of thioether (sulfide) groups is 1. The van der Waals surface area contributed by atoms with E-state index in [-0.39, 0.29) is 0 Å². The van der Waals surface area contributed by atoms with Crippen LogP contribution in [0, 0.1) is 6.20 Å². The van der Waals surface area contributed by atoms with Crippen molar-refractivity contribution in [2.24, 2.45) is 0 Å². The largest absolute Gasteiger partial charge is 0.240 e. The molecule has 41 valence electrons. The summed E-state index contributed by atoms with van der Waals surface area (Å²) in [5.41, 5.74) is 0.